The van der Waals surface area contributed by atoms with E-state index >= 15 is 0 Å². The third kappa shape index (κ3) is 1.31. The monoisotopic (exact) mass is 240 g/mol. The van der Waals surface area contributed by atoms with Crippen LogP contribution in [-0.4, -0.2) is 16.9 Å². The molecule has 0 bridgehead atoms. The summed E-state index contributed by atoms with van der Waals surface area (Å²) in [7, 11) is 3.56. The summed E-state index contributed by atoms with van der Waals surface area (Å²) in [4.78, 5) is 0. The van der Waals surface area contributed by atoms with Gasteiger partial charge in [-0.3, -0.25) is 4.68 Å². The number of rotatable bonds is 1. The van der Waals surface area contributed by atoms with Gasteiger partial charge in [-0.15, -0.1) is 0 Å². The van der Waals surface area contributed by atoms with E-state index in [-0.39, 0.29) is 0 Å². The van der Waals surface area contributed by atoms with Crippen molar-refractivity contribution in [2.45, 2.75) is 0 Å². The summed E-state index contributed by atoms with van der Waals surface area (Å²) in [5.41, 5.74) is 0.947. The van der Waals surface area contributed by atoms with Crippen molar-refractivity contribution in [2.24, 2.45) is 7.05 Å². The smallest absolute Gasteiger partial charge is 0.144 e. The lowest BCUT2D eigenvalue weighted by molar-refractivity contribution is 0.417. The van der Waals surface area contributed by atoms with Crippen molar-refractivity contribution in [3.8, 4) is 5.75 Å². The second kappa shape index (κ2) is 3.03. The predicted octanol–water partition coefficient (Wildman–Crippen LogP) is 2.34. The number of hydrogen-bond acceptors (Lipinski definition) is 2. The maximum absolute atomic E-state index is 5.27. The maximum Gasteiger partial charge on any atom is 0.144 e. The Labute approximate surface area is 84.4 Å². The van der Waals surface area contributed by atoms with Crippen molar-refractivity contribution in [1.82, 2.24) is 9.78 Å². The predicted molar refractivity (Wildman–Crippen MR) is 55.0 cm³/mol. The molecule has 0 atom stereocenters. The molecule has 0 fully saturated rings. The van der Waals surface area contributed by atoms with Crippen molar-refractivity contribution < 1.29 is 4.74 Å². The number of fused-ring (bicyclic) bond motifs is 1. The zero-order valence-corrected chi connectivity index (χ0v) is 9.00. The summed E-state index contributed by atoms with van der Waals surface area (Å²) in [6.07, 6.45) is 1.94. The molecule has 0 saturated carbocycles. The third-order valence-electron chi connectivity index (χ3n) is 1.91. The van der Waals surface area contributed by atoms with Crippen LogP contribution in [0.4, 0.5) is 0 Å². The van der Waals surface area contributed by atoms with Crippen LogP contribution in [0.5, 0.6) is 5.75 Å². The van der Waals surface area contributed by atoms with Crippen LogP contribution in [0.2, 0.25) is 0 Å². The maximum atomic E-state index is 5.27. The Morgan fingerprint density at radius 3 is 2.92 bits per heavy atom. The van der Waals surface area contributed by atoms with E-state index in [1.807, 2.05) is 25.4 Å². The van der Waals surface area contributed by atoms with Crippen LogP contribution in [-0.2, 0) is 7.05 Å². The highest BCUT2D eigenvalue weighted by atomic mass is 79.9. The van der Waals surface area contributed by atoms with E-state index in [2.05, 4.69) is 21.0 Å². The first-order valence-corrected chi connectivity index (χ1v) is 4.67. The molecule has 0 aliphatic carbocycles. The minimum atomic E-state index is 0.839. The van der Waals surface area contributed by atoms with Crippen LogP contribution in [0.25, 0.3) is 10.9 Å². The Balaban J connectivity index is 2.82. The van der Waals surface area contributed by atoms with Crippen molar-refractivity contribution in [1.29, 1.82) is 0 Å². The lowest BCUT2D eigenvalue weighted by atomic mass is 10.2. The normalized spacial score (nSPS) is 10.7. The van der Waals surface area contributed by atoms with Gasteiger partial charge in [-0.25, -0.2) is 0 Å². The van der Waals surface area contributed by atoms with Gasteiger partial charge in [0.1, 0.15) is 5.75 Å². The van der Waals surface area contributed by atoms with E-state index in [9.17, 15) is 0 Å². The molecule has 0 saturated heterocycles. The first-order valence-electron chi connectivity index (χ1n) is 3.88. The number of benzene rings is 1. The lowest BCUT2D eigenvalue weighted by Crippen LogP contribution is -1.84. The Bertz CT molecular complexity index is 450. The molecule has 3 nitrogen and oxygen atoms in total. The molecule has 0 N–H and O–H groups in total. The summed E-state index contributed by atoms with van der Waals surface area (Å²) in [6, 6.07) is 3.90. The van der Waals surface area contributed by atoms with E-state index in [0.29, 0.717) is 0 Å². The van der Waals surface area contributed by atoms with Crippen molar-refractivity contribution >= 4 is 26.8 Å². The second-order valence-corrected chi connectivity index (χ2v) is 3.67. The molecule has 2 aromatic rings. The molecule has 4 heteroatoms. The van der Waals surface area contributed by atoms with Gasteiger partial charge in [-0.05, 0) is 28.1 Å². The van der Waals surface area contributed by atoms with Gasteiger partial charge >= 0.3 is 0 Å². The van der Waals surface area contributed by atoms with Crippen LogP contribution in [0, 0.1) is 0 Å². The summed E-state index contributed by atoms with van der Waals surface area (Å²) in [5.74, 6) is 0.839. The van der Waals surface area contributed by atoms with Crippen molar-refractivity contribution in [3.63, 3.8) is 0 Å². The lowest BCUT2D eigenvalue weighted by Gasteiger charge is -2.02. The van der Waals surface area contributed by atoms with Crippen LogP contribution in [0.3, 0.4) is 0 Å². The zero-order valence-electron chi connectivity index (χ0n) is 7.41. The Kier molecular flexibility index (Phi) is 2.00. The van der Waals surface area contributed by atoms with E-state index in [1.165, 1.54) is 0 Å². The van der Waals surface area contributed by atoms with Gasteiger partial charge < -0.3 is 4.74 Å². The van der Waals surface area contributed by atoms with Crippen LogP contribution in [0.15, 0.2) is 22.8 Å². The largest absolute Gasteiger partial charge is 0.495 e. The van der Waals surface area contributed by atoms with Gasteiger partial charge in [0.25, 0.3) is 0 Å². The number of ether oxygens (including phenoxy) is 1. The Hall–Kier alpha value is -1.03. The molecule has 0 aliphatic rings. The van der Waals surface area contributed by atoms with E-state index in [0.717, 1.165) is 21.1 Å². The fraction of sp³-hybridized carbons (Fsp3) is 0.222. The molecule has 13 heavy (non-hydrogen) atoms. The molecule has 2 rings (SSSR count). The highest BCUT2D eigenvalue weighted by molar-refractivity contribution is 9.10. The quantitative estimate of drug-likeness (QED) is 0.766. The summed E-state index contributed by atoms with van der Waals surface area (Å²) >= 11 is 3.42. The Morgan fingerprint density at radius 1 is 1.46 bits per heavy atom. The first-order chi connectivity index (χ1) is 6.22. The third-order valence-corrected chi connectivity index (χ3v) is 2.54. The molecule has 0 spiro atoms. The molecule has 1 heterocycles. The fourth-order valence-electron chi connectivity index (χ4n) is 1.37. The molecule has 0 aliphatic heterocycles. The van der Waals surface area contributed by atoms with E-state index in [4.69, 9.17) is 4.74 Å². The number of methoxy groups -OCH3 is 1. The molecular formula is C9H9BrN2O. The summed E-state index contributed by atoms with van der Waals surface area (Å²) in [5, 5.41) is 5.31. The van der Waals surface area contributed by atoms with Gasteiger partial charge in [0.2, 0.25) is 0 Å². The first kappa shape index (κ1) is 8.56. The van der Waals surface area contributed by atoms with Crippen LogP contribution >= 0.6 is 15.9 Å². The number of aromatic nitrogens is 2. The van der Waals surface area contributed by atoms with E-state index in [1.54, 1.807) is 11.8 Å². The van der Waals surface area contributed by atoms with Gasteiger partial charge in [-0.2, -0.15) is 5.10 Å². The number of aryl methyl sites for hydroxylation is 1. The highest BCUT2D eigenvalue weighted by Gasteiger charge is 2.08. The van der Waals surface area contributed by atoms with Crippen LogP contribution in [0.1, 0.15) is 0 Å². The zero-order chi connectivity index (χ0) is 9.42. The average molecular weight is 241 g/mol. The molecular weight excluding hydrogens is 232 g/mol. The Morgan fingerprint density at radius 2 is 2.23 bits per heavy atom. The number of nitrogens with zero attached hydrogens (tertiary/aromatic N) is 2. The fourth-order valence-corrected chi connectivity index (χ4v) is 1.88. The molecule has 68 valence electrons. The average Bonchev–Trinajstić information content (AvgIpc) is 2.45. The van der Waals surface area contributed by atoms with Gasteiger partial charge in [0.15, 0.2) is 0 Å². The molecule has 1 aromatic heterocycles. The SMILES string of the molecule is COc1c(Br)ccc2nn(C)cc12. The van der Waals surface area contributed by atoms with Gasteiger partial charge in [0, 0.05) is 13.2 Å². The summed E-state index contributed by atoms with van der Waals surface area (Å²) < 4.78 is 8.00. The van der Waals surface area contributed by atoms with Crippen molar-refractivity contribution in [2.75, 3.05) is 7.11 Å². The molecule has 1 aromatic carbocycles. The van der Waals surface area contributed by atoms with Gasteiger partial charge in [-0.1, -0.05) is 0 Å². The van der Waals surface area contributed by atoms with Crippen molar-refractivity contribution in [3.05, 3.63) is 22.8 Å². The number of hydrogen-bond donors (Lipinski definition) is 0. The van der Waals surface area contributed by atoms with Crippen LogP contribution < -0.4 is 4.74 Å². The standard InChI is InChI=1S/C9H9BrN2O/c1-12-5-6-8(11-12)4-3-7(10)9(6)13-2/h3-5H,1-2H3. The minimum Gasteiger partial charge on any atom is -0.495 e. The second-order valence-electron chi connectivity index (χ2n) is 2.82. The molecule has 0 amide bonds. The van der Waals surface area contributed by atoms with Gasteiger partial charge in [0.05, 0.1) is 22.5 Å². The molecule has 0 unspecified atom stereocenters. The molecule has 0 radical (unpaired) electrons. The number of halogens is 1. The van der Waals surface area contributed by atoms with E-state index < -0.39 is 0 Å². The topological polar surface area (TPSA) is 27.1 Å². The summed E-state index contributed by atoms with van der Waals surface area (Å²) in [6.45, 7) is 0. The minimum absolute atomic E-state index is 0.839. The highest BCUT2D eigenvalue weighted by Crippen LogP contribution is 2.32.